The highest BCUT2D eigenvalue weighted by atomic mass is 32.1. The lowest BCUT2D eigenvalue weighted by Crippen LogP contribution is -2.25. The number of anilines is 1. The summed E-state index contributed by atoms with van der Waals surface area (Å²) in [6.07, 6.45) is 8.54. The van der Waals surface area contributed by atoms with E-state index in [-0.39, 0.29) is 5.91 Å². The molecule has 3 aromatic heterocycles. The van der Waals surface area contributed by atoms with Gasteiger partial charge in [-0.05, 0) is 42.0 Å². The van der Waals surface area contributed by atoms with Crippen LogP contribution in [0.2, 0.25) is 0 Å². The Morgan fingerprint density at radius 1 is 1.15 bits per heavy atom. The number of thiazole rings is 1. The smallest absolute Gasteiger partial charge is 0.263 e. The minimum atomic E-state index is -0.0801. The number of rotatable bonds is 5. The van der Waals surface area contributed by atoms with Gasteiger partial charge in [-0.1, -0.05) is 18.9 Å². The quantitative estimate of drug-likeness (QED) is 0.684. The molecule has 3 aromatic rings. The van der Waals surface area contributed by atoms with Crippen LogP contribution in [0.5, 0.6) is 0 Å². The third-order valence-electron chi connectivity index (χ3n) is 4.65. The number of amides is 1. The second-order valence-electron chi connectivity index (χ2n) is 6.61. The molecule has 140 valence electrons. The van der Waals surface area contributed by atoms with Gasteiger partial charge >= 0.3 is 0 Å². The zero-order chi connectivity index (χ0) is 18.5. The van der Waals surface area contributed by atoms with E-state index in [1.54, 1.807) is 17.5 Å². The Balaban J connectivity index is 1.38. The number of carbonyl (C=O) groups excluding carboxylic acids is 1. The van der Waals surface area contributed by atoms with Crippen LogP contribution in [0.1, 0.15) is 40.9 Å². The molecule has 0 aromatic carbocycles. The maximum Gasteiger partial charge on any atom is 0.263 e. The van der Waals surface area contributed by atoms with E-state index in [1.165, 1.54) is 37.0 Å². The van der Waals surface area contributed by atoms with Crippen molar-refractivity contribution in [2.75, 3.05) is 18.0 Å². The number of pyridine rings is 1. The van der Waals surface area contributed by atoms with Crippen LogP contribution in [-0.4, -0.2) is 29.0 Å². The molecule has 0 saturated carbocycles. The number of hydrogen-bond acceptors (Lipinski definition) is 6. The molecule has 0 bridgehead atoms. The molecular formula is C20H22N4OS2. The normalized spacial score (nSPS) is 14.7. The molecule has 0 atom stereocenters. The third-order valence-corrected chi connectivity index (χ3v) is 6.69. The summed E-state index contributed by atoms with van der Waals surface area (Å²) in [6, 6.07) is 8.07. The Morgan fingerprint density at radius 2 is 2.00 bits per heavy atom. The first-order valence-corrected chi connectivity index (χ1v) is 11.0. The standard InChI is InChI=1S/C20H22N4OS2/c25-19(17-14-23-20(27-17)16-6-5-11-26-16)22-13-15-7-8-21-18(12-15)24-9-3-1-2-4-10-24/h5-8,11-12,14H,1-4,9-10,13H2,(H,22,25). The van der Waals surface area contributed by atoms with Crippen LogP contribution in [0.4, 0.5) is 5.82 Å². The predicted octanol–water partition coefficient (Wildman–Crippen LogP) is 4.58. The van der Waals surface area contributed by atoms with E-state index >= 15 is 0 Å². The SMILES string of the molecule is O=C(NCc1ccnc(N2CCCCCC2)c1)c1cnc(-c2cccs2)s1. The van der Waals surface area contributed by atoms with Crippen LogP contribution in [0.3, 0.4) is 0 Å². The van der Waals surface area contributed by atoms with Gasteiger partial charge in [-0.15, -0.1) is 22.7 Å². The van der Waals surface area contributed by atoms with E-state index in [0.717, 1.165) is 34.4 Å². The van der Waals surface area contributed by atoms with Crippen LogP contribution >= 0.6 is 22.7 Å². The largest absolute Gasteiger partial charge is 0.357 e. The third kappa shape index (κ3) is 4.54. The van der Waals surface area contributed by atoms with Gasteiger partial charge in [-0.25, -0.2) is 9.97 Å². The summed E-state index contributed by atoms with van der Waals surface area (Å²) in [4.78, 5) is 25.5. The van der Waals surface area contributed by atoms with Gasteiger partial charge in [-0.2, -0.15) is 0 Å². The molecule has 0 aliphatic carbocycles. The Kier molecular flexibility index (Phi) is 5.79. The molecule has 1 saturated heterocycles. The summed E-state index contributed by atoms with van der Waals surface area (Å²) in [5.41, 5.74) is 1.07. The molecule has 7 heteroatoms. The van der Waals surface area contributed by atoms with Gasteiger partial charge in [0.1, 0.15) is 15.7 Å². The fourth-order valence-corrected chi connectivity index (χ4v) is 4.84. The fourth-order valence-electron chi connectivity index (χ4n) is 3.21. The highest BCUT2D eigenvalue weighted by molar-refractivity contribution is 7.21. The molecule has 5 nitrogen and oxygen atoms in total. The average Bonchev–Trinajstić information content (AvgIpc) is 3.33. The number of carbonyl (C=O) groups is 1. The van der Waals surface area contributed by atoms with Gasteiger partial charge in [0.15, 0.2) is 0 Å². The number of nitrogens with zero attached hydrogens (tertiary/aromatic N) is 3. The monoisotopic (exact) mass is 398 g/mol. The summed E-state index contributed by atoms with van der Waals surface area (Å²) < 4.78 is 0. The molecular weight excluding hydrogens is 376 g/mol. The van der Waals surface area contributed by atoms with Gasteiger partial charge in [0.2, 0.25) is 0 Å². The van der Waals surface area contributed by atoms with Crippen molar-refractivity contribution in [1.82, 2.24) is 15.3 Å². The van der Waals surface area contributed by atoms with Crippen LogP contribution in [0, 0.1) is 0 Å². The summed E-state index contributed by atoms with van der Waals surface area (Å²) in [6.45, 7) is 2.62. The van der Waals surface area contributed by atoms with E-state index in [0.29, 0.717) is 11.4 Å². The van der Waals surface area contributed by atoms with Crippen molar-refractivity contribution in [3.63, 3.8) is 0 Å². The Hall–Kier alpha value is -2.25. The van der Waals surface area contributed by atoms with Gasteiger partial charge in [0, 0.05) is 25.8 Å². The van der Waals surface area contributed by atoms with Gasteiger partial charge in [0.25, 0.3) is 5.91 Å². The first-order chi connectivity index (χ1) is 13.3. The average molecular weight is 399 g/mol. The first-order valence-electron chi connectivity index (χ1n) is 9.27. The number of thiophene rings is 1. The zero-order valence-corrected chi connectivity index (χ0v) is 16.7. The molecule has 1 fully saturated rings. The van der Waals surface area contributed by atoms with Crippen LogP contribution in [0.15, 0.2) is 42.0 Å². The second kappa shape index (κ2) is 8.63. The molecule has 4 heterocycles. The van der Waals surface area contributed by atoms with E-state index in [9.17, 15) is 4.79 Å². The van der Waals surface area contributed by atoms with E-state index in [4.69, 9.17) is 0 Å². The van der Waals surface area contributed by atoms with Crippen molar-refractivity contribution in [2.24, 2.45) is 0 Å². The highest BCUT2D eigenvalue weighted by Crippen LogP contribution is 2.28. The van der Waals surface area contributed by atoms with E-state index in [1.807, 2.05) is 29.8 Å². The highest BCUT2D eigenvalue weighted by Gasteiger charge is 2.14. The number of hydrogen-bond donors (Lipinski definition) is 1. The van der Waals surface area contributed by atoms with Gasteiger partial charge in [-0.3, -0.25) is 4.79 Å². The van der Waals surface area contributed by atoms with Crippen molar-refractivity contribution < 1.29 is 4.79 Å². The van der Waals surface area contributed by atoms with Crippen LogP contribution < -0.4 is 10.2 Å². The van der Waals surface area contributed by atoms with Gasteiger partial charge in [0.05, 0.1) is 11.1 Å². The molecule has 0 radical (unpaired) electrons. The molecule has 1 amide bonds. The lowest BCUT2D eigenvalue weighted by atomic mass is 10.2. The first kappa shape index (κ1) is 18.1. The molecule has 1 N–H and O–H groups in total. The topological polar surface area (TPSA) is 58.1 Å². The Bertz CT molecular complexity index is 883. The minimum absolute atomic E-state index is 0.0801. The molecule has 1 aliphatic heterocycles. The van der Waals surface area contributed by atoms with Crippen LogP contribution in [0.25, 0.3) is 9.88 Å². The molecule has 27 heavy (non-hydrogen) atoms. The summed E-state index contributed by atoms with van der Waals surface area (Å²) >= 11 is 3.06. The summed E-state index contributed by atoms with van der Waals surface area (Å²) in [5.74, 6) is 0.935. The predicted molar refractivity (Wildman–Crippen MR) is 112 cm³/mol. The minimum Gasteiger partial charge on any atom is -0.357 e. The van der Waals surface area contributed by atoms with Gasteiger partial charge < -0.3 is 10.2 Å². The lowest BCUT2D eigenvalue weighted by molar-refractivity contribution is 0.0954. The van der Waals surface area contributed by atoms with Crippen molar-refractivity contribution in [3.8, 4) is 9.88 Å². The number of nitrogens with one attached hydrogen (secondary N) is 1. The zero-order valence-electron chi connectivity index (χ0n) is 15.1. The van der Waals surface area contributed by atoms with Crippen molar-refractivity contribution in [3.05, 3.63) is 52.5 Å². The van der Waals surface area contributed by atoms with Crippen molar-refractivity contribution in [1.29, 1.82) is 0 Å². The molecule has 0 unspecified atom stereocenters. The Morgan fingerprint density at radius 3 is 2.78 bits per heavy atom. The molecule has 0 spiro atoms. The van der Waals surface area contributed by atoms with E-state index in [2.05, 4.69) is 26.3 Å². The maximum atomic E-state index is 12.5. The maximum absolute atomic E-state index is 12.5. The van der Waals surface area contributed by atoms with Crippen LogP contribution in [-0.2, 0) is 6.54 Å². The summed E-state index contributed by atoms with van der Waals surface area (Å²) in [7, 11) is 0. The molecule has 1 aliphatic rings. The van der Waals surface area contributed by atoms with E-state index < -0.39 is 0 Å². The lowest BCUT2D eigenvalue weighted by Gasteiger charge is -2.21. The Labute approximate surface area is 167 Å². The molecule has 4 rings (SSSR count). The number of aromatic nitrogens is 2. The fraction of sp³-hybridized carbons (Fsp3) is 0.350. The second-order valence-corrected chi connectivity index (χ2v) is 8.59. The van der Waals surface area contributed by atoms with Crippen molar-refractivity contribution in [2.45, 2.75) is 32.2 Å². The summed E-state index contributed by atoms with van der Waals surface area (Å²) in [5, 5.41) is 5.91. The van der Waals surface area contributed by atoms with Crippen molar-refractivity contribution >= 4 is 34.4 Å².